The Hall–Kier alpha value is -0.590. The molecule has 0 bridgehead atoms. The van der Waals surface area contributed by atoms with Gasteiger partial charge in [0.05, 0.1) is 0 Å². The van der Waals surface area contributed by atoms with Crippen molar-refractivity contribution in [2.75, 3.05) is 0 Å². The van der Waals surface area contributed by atoms with Gasteiger partial charge in [-0.05, 0) is 18.9 Å². The monoisotopic (exact) mass is 126 g/mol. The molecule has 0 aliphatic heterocycles. The lowest BCUT2D eigenvalue weighted by Gasteiger charge is -2.13. The van der Waals surface area contributed by atoms with Gasteiger partial charge >= 0.3 is 0 Å². The van der Waals surface area contributed by atoms with Crippen molar-refractivity contribution in [3.8, 4) is 0 Å². The van der Waals surface area contributed by atoms with E-state index >= 15 is 0 Å². The molecule has 0 radical (unpaired) electrons. The summed E-state index contributed by atoms with van der Waals surface area (Å²) in [6.07, 6.45) is 3.99. The van der Waals surface area contributed by atoms with Crippen molar-refractivity contribution in [1.29, 1.82) is 0 Å². The van der Waals surface area contributed by atoms with Gasteiger partial charge in [-0.1, -0.05) is 18.6 Å². The van der Waals surface area contributed by atoms with E-state index in [9.17, 15) is 4.39 Å². The smallest absolute Gasteiger partial charge is 0.100 e. The van der Waals surface area contributed by atoms with Crippen LogP contribution in [0.25, 0.3) is 0 Å². The highest BCUT2D eigenvalue weighted by Crippen LogP contribution is 2.24. The second-order valence-electron chi connectivity index (χ2n) is 2.63. The first-order valence-electron chi connectivity index (χ1n) is 3.23. The number of rotatable bonds is 0. The first-order valence-corrected chi connectivity index (χ1v) is 3.23. The Kier molecular flexibility index (Phi) is 1.70. The highest BCUT2D eigenvalue weighted by atomic mass is 19.1. The van der Waals surface area contributed by atoms with Crippen LogP contribution in [0, 0.1) is 5.92 Å². The fourth-order valence-electron chi connectivity index (χ4n) is 0.908. The van der Waals surface area contributed by atoms with E-state index in [1.165, 1.54) is 5.57 Å². The van der Waals surface area contributed by atoms with E-state index in [1.54, 1.807) is 6.08 Å². The molecule has 0 aromatic heterocycles. The molecule has 50 valence electrons. The lowest BCUT2D eigenvalue weighted by atomic mass is 9.94. The molecular weight excluding hydrogens is 115 g/mol. The average Bonchev–Trinajstić information content (AvgIpc) is 1.80. The van der Waals surface area contributed by atoms with Crippen LogP contribution in [0.3, 0.4) is 0 Å². The quantitative estimate of drug-likeness (QED) is 0.468. The van der Waals surface area contributed by atoms with Gasteiger partial charge in [0.1, 0.15) is 5.83 Å². The summed E-state index contributed by atoms with van der Waals surface area (Å²) in [7, 11) is 0. The molecule has 0 amide bonds. The molecule has 1 rings (SSSR count). The van der Waals surface area contributed by atoms with Crippen LogP contribution in [0.2, 0.25) is 0 Å². The van der Waals surface area contributed by atoms with Gasteiger partial charge in [-0.15, -0.1) is 0 Å². The van der Waals surface area contributed by atoms with Crippen LogP contribution in [0.1, 0.15) is 20.3 Å². The van der Waals surface area contributed by atoms with Crippen molar-refractivity contribution < 1.29 is 4.39 Å². The molecule has 1 atom stereocenters. The second kappa shape index (κ2) is 2.34. The zero-order valence-electron chi connectivity index (χ0n) is 5.82. The summed E-state index contributed by atoms with van der Waals surface area (Å²) >= 11 is 0. The van der Waals surface area contributed by atoms with E-state index in [0.717, 1.165) is 0 Å². The van der Waals surface area contributed by atoms with Crippen LogP contribution in [-0.4, -0.2) is 0 Å². The Morgan fingerprint density at radius 1 is 1.56 bits per heavy atom. The zero-order valence-corrected chi connectivity index (χ0v) is 5.82. The molecule has 0 aromatic rings. The summed E-state index contributed by atoms with van der Waals surface area (Å²) < 4.78 is 12.4. The Morgan fingerprint density at radius 3 is 2.67 bits per heavy atom. The highest BCUT2D eigenvalue weighted by Gasteiger charge is 2.09. The minimum absolute atomic E-state index is 0.00750. The van der Waals surface area contributed by atoms with Gasteiger partial charge in [0.2, 0.25) is 0 Å². The third kappa shape index (κ3) is 1.41. The predicted octanol–water partition coefficient (Wildman–Crippen LogP) is 2.83. The molecule has 0 N–H and O–H groups in total. The standard InChI is InChI=1S/C8H11F/c1-6-3-4-8(9)5-7(6)2/h3-4,7H,5H2,1-2H3. The highest BCUT2D eigenvalue weighted by molar-refractivity contribution is 5.21. The van der Waals surface area contributed by atoms with Crippen molar-refractivity contribution in [2.45, 2.75) is 20.3 Å². The Labute approximate surface area is 55.1 Å². The largest absolute Gasteiger partial charge is 0.212 e. The molecule has 0 spiro atoms. The molecule has 0 aromatic carbocycles. The van der Waals surface area contributed by atoms with Crippen LogP contribution in [0.5, 0.6) is 0 Å². The van der Waals surface area contributed by atoms with Crippen LogP contribution in [0.4, 0.5) is 4.39 Å². The third-order valence-electron chi connectivity index (χ3n) is 1.81. The number of hydrogen-bond donors (Lipinski definition) is 0. The summed E-state index contributed by atoms with van der Waals surface area (Å²) in [5.41, 5.74) is 1.27. The Morgan fingerprint density at radius 2 is 2.22 bits per heavy atom. The van der Waals surface area contributed by atoms with E-state index in [1.807, 2.05) is 19.9 Å². The van der Waals surface area contributed by atoms with Gasteiger partial charge in [-0.25, -0.2) is 4.39 Å². The number of hydrogen-bond acceptors (Lipinski definition) is 0. The fourth-order valence-corrected chi connectivity index (χ4v) is 0.908. The first kappa shape index (κ1) is 6.53. The molecule has 0 fully saturated rings. The maximum atomic E-state index is 12.4. The maximum Gasteiger partial charge on any atom is 0.100 e. The molecule has 1 aliphatic rings. The molecule has 0 saturated heterocycles. The number of halogens is 1. The molecule has 1 unspecified atom stereocenters. The van der Waals surface area contributed by atoms with E-state index in [2.05, 4.69) is 0 Å². The van der Waals surface area contributed by atoms with Crippen molar-refractivity contribution in [3.63, 3.8) is 0 Å². The summed E-state index contributed by atoms with van der Waals surface area (Å²) in [5, 5.41) is 0. The minimum atomic E-state index is 0.00750. The minimum Gasteiger partial charge on any atom is -0.212 e. The Balaban J connectivity index is 2.74. The van der Waals surface area contributed by atoms with Gasteiger partial charge in [0.15, 0.2) is 0 Å². The lowest BCUT2D eigenvalue weighted by molar-refractivity contribution is 0.521. The summed E-state index contributed by atoms with van der Waals surface area (Å²) in [6, 6.07) is 0. The van der Waals surface area contributed by atoms with Crippen LogP contribution in [-0.2, 0) is 0 Å². The molecule has 0 heterocycles. The molecule has 9 heavy (non-hydrogen) atoms. The predicted molar refractivity (Wildman–Crippen MR) is 36.7 cm³/mol. The second-order valence-corrected chi connectivity index (χ2v) is 2.63. The molecular formula is C8H11F. The zero-order chi connectivity index (χ0) is 6.85. The lowest BCUT2D eigenvalue weighted by Crippen LogP contribution is -1.99. The van der Waals surface area contributed by atoms with Crippen molar-refractivity contribution in [3.05, 3.63) is 23.6 Å². The van der Waals surface area contributed by atoms with E-state index in [-0.39, 0.29) is 5.83 Å². The van der Waals surface area contributed by atoms with Gasteiger partial charge in [-0.2, -0.15) is 0 Å². The van der Waals surface area contributed by atoms with Crippen LogP contribution < -0.4 is 0 Å². The van der Waals surface area contributed by atoms with E-state index in [0.29, 0.717) is 12.3 Å². The molecule has 1 heteroatoms. The van der Waals surface area contributed by atoms with E-state index < -0.39 is 0 Å². The first-order chi connectivity index (χ1) is 4.20. The summed E-state index contributed by atoms with van der Waals surface area (Å²) in [6.45, 7) is 4.08. The maximum absolute atomic E-state index is 12.4. The average molecular weight is 126 g/mol. The van der Waals surface area contributed by atoms with Crippen molar-refractivity contribution in [1.82, 2.24) is 0 Å². The SMILES string of the molecule is CC1=CC=C(F)CC1C. The Bertz CT molecular complexity index is 165. The molecule has 0 saturated carbocycles. The van der Waals surface area contributed by atoms with Crippen LogP contribution in [0.15, 0.2) is 23.6 Å². The molecule has 1 aliphatic carbocycles. The number of allylic oxidation sites excluding steroid dienone is 4. The fraction of sp³-hybridized carbons (Fsp3) is 0.500. The summed E-state index contributed by atoms with van der Waals surface area (Å²) in [5.74, 6) is 0.406. The van der Waals surface area contributed by atoms with Crippen molar-refractivity contribution in [2.24, 2.45) is 5.92 Å². The van der Waals surface area contributed by atoms with Gasteiger partial charge in [-0.3, -0.25) is 0 Å². The normalized spacial score (nSPS) is 27.2. The van der Waals surface area contributed by atoms with Gasteiger partial charge in [0, 0.05) is 6.42 Å². The van der Waals surface area contributed by atoms with Crippen molar-refractivity contribution >= 4 is 0 Å². The summed E-state index contributed by atoms with van der Waals surface area (Å²) in [4.78, 5) is 0. The van der Waals surface area contributed by atoms with Gasteiger partial charge < -0.3 is 0 Å². The van der Waals surface area contributed by atoms with Crippen LogP contribution >= 0.6 is 0 Å². The van der Waals surface area contributed by atoms with E-state index in [4.69, 9.17) is 0 Å². The van der Waals surface area contributed by atoms with Gasteiger partial charge in [0.25, 0.3) is 0 Å². The topological polar surface area (TPSA) is 0 Å². The molecule has 0 nitrogen and oxygen atoms in total. The third-order valence-corrected chi connectivity index (χ3v) is 1.81.